The van der Waals surface area contributed by atoms with Crippen LogP contribution in [0.1, 0.15) is 66.6 Å². The SMILES string of the molecule is CC(=O)Nc1cc(N(C(C)C)C(C)C)ccc1N=Nc1c(C#N)c(C(C)(C)C)nn1-c1c(Cl)cc(N)cc1Cl. The molecule has 0 unspecified atom stereocenters. The van der Waals surface area contributed by atoms with Crippen molar-refractivity contribution < 1.29 is 4.79 Å². The van der Waals surface area contributed by atoms with Crippen LogP contribution in [0.4, 0.5) is 28.6 Å². The van der Waals surface area contributed by atoms with Crippen molar-refractivity contribution in [3.63, 3.8) is 0 Å². The number of nitrogens with one attached hydrogen (secondary N) is 1. The molecule has 0 spiro atoms. The summed E-state index contributed by atoms with van der Waals surface area (Å²) in [6.45, 7) is 15.7. The first kappa shape index (κ1) is 29.9. The van der Waals surface area contributed by atoms with Gasteiger partial charge in [-0.15, -0.1) is 10.2 Å². The summed E-state index contributed by atoms with van der Waals surface area (Å²) in [5.74, 6) is -0.0951. The fraction of sp³-hybridized carbons (Fsp3) is 0.393. The van der Waals surface area contributed by atoms with Gasteiger partial charge in [0.05, 0.1) is 21.4 Å². The van der Waals surface area contributed by atoms with Crippen LogP contribution in [-0.4, -0.2) is 27.8 Å². The summed E-state index contributed by atoms with van der Waals surface area (Å²) in [6.07, 6.45) is 0. The van der Waals surface area contributed by atoms with Gasteiger partial charge in [-0.2, -0.15) is 10.4 Å². The van der Waals surface area contributed by atoms with Crippen LogP contribution in [0.3, 0.4) is 0 Å². The predicted octanol–water partition coefficient (Wildman–Crippen LogP) is 7.93. The molecule has 0 saturated carbocycles. The Kier molecular flexibility index (Phi) is 8.94. The van der Waals surface area contributed by atoms with Crippen LogP contribution in [0, 0.1) is 11.3 Å². The Hall–Kier alpha value is -3.61. The summed E-state index contributed by atoms with van der Waals surface area (Å²) >= 11 is 13.1. The first-order valence-corrected chi connectivity index (χ1v) is 13.3. The quantitative estimate of drug-likeness (QED) is 0.221. The first-order chi connectivity index (χ1) is 18.1. The highest BCUT2D eigenvalue weighted by Gasteiger charge is 2.29. The molecule has 2 aromatic carbocycles. The van der Waals surface area contributed by atoms with Crippen LogP contribution in [-0.2, 0) is 10.2 Å². The number of nitrogen functional groups attached to an aromatic ring is 1. The lowest BCUT2D eigenvalue weighted by Crippen LogP contribution is -2.36. The van der Waals surface area contributed by atoms with Gasteiger partial charge in [-0.25, -0.2) is 4.68 Å². The van der Waals surface area contributed by atoms with E-state index in [1.165, 1.54) is 11.6 Å². The minimum atomic E-state index is -0.493. The van der Waals surface area contributed by atoms with Crippen molar-refractivity contribution in [2.24, 2.45) is 10.2 Å². The summed E-state index contributed by atoms with van der Waals surface area (Å²) in [7, 11) is 0. The number of aromatic nitrogens is 2. The van der Waals surface area contributed by atoms with Crippen LogP contribution in [0.25, 0.3) is 5.69 Å². The number of carbonyl (C=O) groups excluding carboxylic acids is 1. The van der Waals surface area contributed by atoms with Crippen molar-refractivity contribution in [2.45, 2.75) is 72.9 Å². The normalized spacial score (nSPS) is 11.9. The van der Waals surface area contributed by atoms with Gasteiger partial charge in [-0.3, -0.25) is 4.79 Å². The number of amides is 1. The van der Waals surface area contributed by atoms with Gasteiger partial charge in [0.15, 0.2) is 5.82 Å². The second-order valence-corrected chi connectivity index (χ2v) is 11.6. The van der Waals surface area contributed by atoms with E-state index in [9.17, 15) is 10.1 Å². The van der Waals surface area contributed by atoms with Crippen LogP contribution >= 0.6 is 23.2 Å². The van der Waals surface area contributed by atoms with E-state index in [-0.39, 0.29) is 39.4 Å². The molecule has 0 aliphatic carbocycles. The predicted molar refractivity (Wildman–Crippen MR) is 159 cm³/mol. The van der Waals surface area contributed by atoms with Gasteiger partial charge in [0, 0.05) is 35.8 Å². The number of hydrogen-bond acceptors (Lipinski definition) is 7. The molecule has 3 N–H and O–H groups in total. The zero-order chi connectivity index (χ0) is 29.2. The van der Waals surface area contributed by atoms with Gasteiger partial charge in [-0.05, 0) is 58.0 Å². The maximum atomic E-state index is 12.1. The van der Waals surface area contributed by atoms with Gasteiger partial charge in [0.1, 0.15) is 23.0 Å². The van der Waals surface area contributed by atoms with E-state index in [4.69, 9.17) is 28.9 Å². The van der Waals surface area contributed by atoms with Gasteiger partial charge in [0.2, 0.25) is 5.91 Å². The highest BCUT2D eigenvalue weighted by Crippen LogP contribution is 2.40. The molecule has 0 atom stereocenters. The molecule has 0 aliphatic rings. The van der Waals surface area contributed by atoms with Crippen molar-refractivity contribution in [2.75, 3.05) is 16.0 Å². The molecule has 3 rings (SSSR count). The molecule has 11 heteroatoms. The lowest BCUT2D eigenvalue weighted by Gasteiger charge is -2.33. The molecule has 1 aromatic heterocycles. The van der Waals surface area contributed by atoms with Crippen LogP contribution in [0.2, 0.25) is 10.0 Å². The Morgan fingerprint density at radius 1 is 1.10 bits per heavy atom. The maximum absolute atomic E-state index is 12.1. The molecule has 0 radical (unpaired) electrons. The van der Waals surface area contributed by atoms with Crippen molar-refractivity contribution in [3.8, 4) is 11.8 Å². The summed E-state index contributed by atoms with van der Waals surface area (Å²) in [4.78, 5) is 14.3. The Labute approximate surface area is 239 Å². The number of rotatable bonds is 7. The highest BCUT2D eigenvalue weighted by molar-refractivity contribution is 6.38. The molecule has 0 aliphatic heterocycles. The smallest absolute Gasteiger partial charge is 0.221 e. The highest BCUT2D eigenvalue weighted by atomic mass is 35.5. The minimum Gasteiger partial charge on any atom is -0.399 e. The molecule has 9 nitrogen and oxygen atoms in total. The van der Waals surface area contributed by atoms with Gasteiger partial charge in [-0.1, -0.05) is 44.0 Å². The summed E-state index contributed by atoms with van der Waals surface area (Å²) in [6, 6.07) is 11.4. The maximum Gasteiger partial charge on any atom is 0.221 e. The third-order valence-electron chi connectivity index (χ3n) is 5.89. The van der Waals surface area contributed by atoms with Crippen LogP contribution in [0.5, 0.6) is 0 Å². The monoisotopic (exact) mass is 568 g/mol. The fourth-order valence-electron chi connectivity index (χ4n) is 4.43. The summed E-state index contributed by atoms with van der Waals surface area (Å²) < 4.78 is 1.42. The number of azo groups is 1. The molecule has 1 amide bonds. The number of halogens is 2. The fourth-order valence-corrected chi connectivity index (χ4v) is 5.09. The Balaban J connectivity index is 2.26. The first-order valence-electron chi connectivity index (χ1n) is 12.6. The van der Waals surface area contributed by atoms with E-state index in [1.807, 2.05) is 32.9 Å². The van der Waals surface area contributed by atoms with E-state index in [2.05, 4.69) is 59.3 Å². The third-order valence-corrected chi connectivity index (χ3v) is 6.46. The largest absolute Gasteiger partial charge is 0.399 e. The average molecular weight is 570 g/mol. The molecule has 206 valence electrons. The molecule has 39 heavy (non-hydrogen) atoms. The number of nitriles is 1. The molecular formula is C28H34Cl2N8O. The van der Waals surface area contributed by atoms with Crippen molar-refractivity contribution in [3.05, 3.63) is 51.6 Å². The van der Waals surface area contributed by atoms with Gasteiger partial charge in [0.25, 0.3) is 0 Å². The number of hydrogen-bond donors (Lipinski definition) is 2. The Morgan fingerprint density at radius 2 is 1.69 bits per heavy atom. The van der Waals surface area contributed by atoms with Crippen molar-refractivity contribution >= 4 is 57.7 Å². The Morgan fingerprint density at radius 3 is 2.18 bits per heavy atom. The number of nitrogens with zero attached hydrogens (tertiary/aromatic N) is 6. The molecule has 3 aromatic rings. The van der Waals surface area contributed by atoms with Crippen molar-refractivity contribution in [1.29, 1.82) is 5.26 Å². The van der Waals surface area contributed by atoms with Gasteiger partial charge >= 0.3 is 0 Å². The zero-order valence-corrected chi connectivity index (χ0v) is 25.0. The third kappa shape index (κ3) is 6.52. The topological polar surface area (TPSA) is 125 Å². The average Bonchev–Trinajstić information content (AvgIpc) is 3.15. The lowest BCUT2D eigenvalue weighted by atomic mass is 9.90. The summed E-state index contributed by atoms with van der Waals surface area (Å²) in [5, 5.41) is 27.1. The number of benzene rings is 2. The van der Waals surface area contributed by atoms with E-state index in [1.54, 1.807) is 18.2 Å². The molecule has 0 bridgehead atoms. The standard InChI is InChI=1S/C28H34Cl2N8O/c1-15(2)37(16(3)4)19-9-10-23(24(13-19)33-17(5)39)34-35-27-20(14-31)26(28(6,7)8)36-38(27)25-21(29)11-18(32)12-22(25)30/h9-13,15-16H,32H2,1-8H3,(H,33,39). The summed E-state index contributed by atoms with van der Waals surface area (Å²) in [5.41, 5.74) is 8.69. The second kappa shape index (κ2) is 11.6. The molecule has 1 heterocycles. The molecule has 0 fully saturated rings. The number of nitrogens with two attached hydrogens (primary N) is 1. The molecular weight excluding hydrogens is 535 g/mol. The second-order valence-electron chi connectivity index (χ2n) is 10.8. The van der Waals surface area contributed by atoms with Crippen LogP contribution in [0.15, 0.2) is 40.6 Å². The van der Waals surface area contributed by atoms with E-state index in [0.29, 0.717) is 28.4 Å². The van der Waals surface area contributed by atoms with E-state index in [0.717, 1.165) is 5.69 Å². The molecule has 0 saturated heterocycles. The van der Waals surface area contributed by atoms with Gasteiger partial charge < -0.3 is 16.0 Å². The lowest BCUT2D eigenvalue weighted by molar-refractivity contribution is -0.114. The van der Waals surface area contributed by atoms with E-state index >= 15 is 0 Å². The zero-order valence-electron chi connectivity index (χ0n) is 23.5. The van der Waals surface area contributed by atoms with E-state index < -0.39 is 5.41 Å². The van der Waals surface area contributed by atoms with Crippen LogP contribution < -0.4 is 16.0 Å². The van der Waals surface area contributed by atoms with Crippen molar-refractivity contribution in [1.82, 2.24) is 9.78 Å². The minimum absolute atomic E-state index is 0.153. The number of carbonyl (C=O) groups is 1. The number of anilines is 3. The Bertz CT molecular complexity index is 1430.